The van der Waals surface area contributed by atoms with Gasteiger partial charge < -0.3 is 10.6 Å². The normalized spacial score (nSPS) is 16.8. The number of piperidine rings is 1. The smallest absolute Gasteiger partial charge is 0.338 e. The van der Waals surface area contributed by atoms with Crippen LogP contribution in [-0.4, -0.2) is 44.1 Å². The maximum Gasteiger partial charge on any atom is 0.416 e. The fourth-order valence-electron chi connectivity index (χ4n) is 3.02. The van der Waals surface area contributed by atoms with E-state index in [1.807, 2.05) is 0 Å². The van der Waals surface area contributed by atoms with Gasteiger partial charge in [-0.15, -0.1) is 0 Å². The van der Waals surface area contributed by atoms with Crippen molar-refractivity contribution in [3.63, 3.8) is 0 Å². The minimum absolute atomic E-state index is 0.0433. The van der Waals surface area contributed by atoms with E-state index in [-0.39, 0.29) is 17.2 Å². The number of rotatable bonds is 6. The van der Waals surface area contributed by atoms with Gasteiger partial charge in [-0.25, -0.2) is 21.9 Å². The van der Waals surface area contributed by atoms with Gasteiger partial charge >= 0.3 is 12.2 Å². The Morgan fingerprint density at radius 3 is 2.43 bits per heavy atom. The van der Waals surface area contributed by atoms with Crippen molar-refractivity contribution >= 4 is 16.1 Å². The zero-order chi connectivity index (χ0) is 20.9. The van der Waals surface area contributed by atoms with E-state index >= 15 is 0 Å². The lowest BCUT2D eigenvalue weighted by molar-refractivity contribution is -0.138. The molecule has 6 nitrogen and oxygen atoms in total. The average molecular weight is 425 g/mol. The number of alkyl halides is 3. The molecule has 0 unspecified atom stereocenters. The Bertz CT molecular complexity index is 791. The van der Waals surface area contributed by atoms with E-state index in [9.17, 15) is 30.8 Å². The molecule has 1 fully saturated rings. The van der Waals surface area contributed by atoms with Gasteiger partial charge in [0, 0.05) is 26.2 Å². The van der Waals surface area contributed by atoms with E-state index in [0.717, 1.165) is 12.1 Å². The Hall–Kier alpha value is -1.88. The second kappa shape index (κ2) is 9.08. The van der Waals surface area contributed by atoms with Crippen molar-refractivity contribution < 1.29 is 30.8 Å². The Labute approximate surface area is 161 Å². The summed E-state index contributed by atoms with van der Waals surface area (Å²) in [6.07, 6.45) is -3.53. The van der Waals surface area contributed by atoms with Crippen LogP contribution < -0.4 is 10.6 Å². The van der Waals surface area contributed by atoms with Crippen LogP contribution in [0.3, 0.4) is 0 Å². The number of halogens is 4. The number of nitrogens with zero attached hydrogens (tertiary/aromatic N) is 1. The minimum atomic E-state index is -4.72. The highest BCUT2D eigenvalue weighted by Gasteiger charge is 2.33. The predicted molar refractivity (Wildman–Crippen MR) is 95.4 cm³/mol. The van der Waals surface area contributed by atoms with Gasteiger partial charge in [-0.3, -0.25) is 0 Å². The summed E-state index contributed by atoms with van der Waals surface area (Å²) < 4.78 is 77.0. The van der Waals surface area contributed by atoms with Crippen molar-refractivity contribution in [3.8, 4) is 0 Å². The molecule has 1 aliphatic heterocycles. The number of benzene rings is 1. The largest absolute Gasteiger partial charge is 0.416 e. The van der Waals surface area contributed by atoms with E-state index in [2.05, 4.69) is 10.6 Å². The summed E-state index contributed by atoms with van der Waals surface area (Å²) in [5.74, 6) is -0.871. The molecule has 2 rings (SSSR count). The second-order valence-corrected chi connectivity index (χ2v) is 8.86. The molecule has 0 radical (unpaired) electrons. The highest BCUT2D eigenvalue weighted by Crippen LogP contribution is 2.32. The van der Waals surface area contributed by atoms with Crippen LogP contribution in [0.1, 0.15) is 30.9 Å². The Morgan fingerprint density at radius 1 is 1.21 bits per heavy atom. The first-order valence-corrected chi connectivity index (χ1v) is 10.5. The quantitative estimate of drug-likeness (QED) is 0.688. The van der Waals surface area contributed by atoms with Gasteiger partial charge in [-0.1, -0.05) is 6.07 Å². The summed E-state index contributed by atoms with van der Waals surface area (Å²) in [6.45, 7) is 2.25. The van der Waals surface area contributed by atoms with Crippen molar-refractivity contribution in [2.45, 2.75) is 32.5 Å². The van der Waals surface area contributed by atoms with Crippen LogP contribution in [0, 0.1) is 11.7 Å². The second-order valence-electron chi connectivity index (χ2n) is 6.61. The molecule has 0 atom stereocenters. The molecule has 158 valence electrons. The molecule has 1 saturated heterocycles. The van der Waals surface area contributed by atoms with Crippen molar-refractivity contribution in [1.82, 2.24) is 14.9 Å². The Kier molecular flexibility index (Phi) is 7.27. The van der Waals surface area contributed by atoms with Crippen LogP contribution in [0.5, 0.6) is 0 Å². The minimum Gasteiger partial charge on any atom is -0.338 e. The van der Waals surface area contributed by atoms with Crippen molar-refractivity contribution in [1.29, 1.82) is 0 Å². The van der Waals surface area contributed by atoms with Crippen LogP contribution in [0.25, 0.3) is 0 Å². The third-order valence-corrected chi connectivity index (χ3v) is 6.58. The molecule has 2 amide bonds. The Morgan fingerprint density at radius 2 is 1.86 bits per heavy atom. The van der Waals surface area contributed by atoms with Gasteiger partial charge in [0.1, 0.15) is 5.82 Å². The van der Waals surface area contributed by atoms with Gasteiger partial charge in [-0.05, 0) is 43.4 Å². The van der Waals surface area contributed by atoms with Gasteiger partial charge in [0.05, 0.1) is 11.3 Å². The summed E-state index contributed by atoms with van der Waals surface area (Å²) in [7, 11) is -3.22. The molecule has 11 heteroatoms. The summed E-state index contributed by atoms with van der Waals surface area (Å²) in [4.78, 5) is 11.9. The van der Waals surface area contributed by atoms with Crippen LogP contribution in [0.2, 0.25) is 0 Å². The van der Waals surface area contributed by atoms with Gasteiger partial charge in [0.15, 0.2) is 0 Å². The first kappa shape index (κ1) is 22.4. The summed E-state index contributed by atoms with van der Waals surface area (Å²) in [6, 6.07) is 1.65. The third-order valence-electron chi connectivity index (χ3n) is 4.70. The molecular weight excluding hydrogens is 402 g/mol. The lowest BCUT2D eigenvalue weighted by atomic mass is 9.98. The van der Waals surface area contributed by atoms with Gasteiger partial charge in [0.2, 0.25) is 10.0 Å². The Balaban J connectivity index is 1.80. The standard InChI is InChI=1S/C17H23F4N3O3S/c1-2-28(26,27)24-7-5-12(6-8-24)10-22-16(25)23-11-13-3-4-14(18)9-15(13)17(19,20)21/h3-4,9,12H,2,5-8,10-11H2,1H3,(H2,22,23,25). The molecule has 0 aliphatic carbocycles. The SMILES string of the molecule is CCS(=O)(=O)N1CCC(CNC(=O)NCc2ccc(F)cc2C(F)(F)F)CC1. The lowest BCUT2D eigenvalue weighted by Crippen LogP contribution is -2.43. The fourth-order valence-corrected chi connectivity index (χ4v) is 4.15. The summed E-state index contributed by atoms with van der Waals surface area (Å²) in [5.41, 5.74) is -1.36. The fraction of sp³-hybridized carbons (Fsp3) is 0.588. The van der Waals surface area contributed by atoms with E-state index in [1.165, 1.54) is 4.31 Å². The first-order chi connectivity index (χ1) is 13.0. The van der Waals surface area contributed by atoms with Crippen molar-refractivity contribution in [3.05, 3.63) is 35.1 Å². The van der Waals surface area contributed by atoms with Gasteiger partial charge in [-0.2, -0.15) is 13.2 Å². The number of sulfonamides is 1. The number of amides is 2. The molecule has 28 heavy (non-hydrogen) atoms. The van der Waals surface area contributed by atoms with Crippen LogP contribution >= 0.6 is 0 Å². The maximum atomic E-state index is 13.1. The zero-order valence-electron chi connectivity index (χ0n) is 15.4. The third kappa shape index (κ3) is 6.06. The predicted octanol–water partition coefficient (Wildman–Crippen LogP) is 2.71. The van der Waals surface area contributed by atoms with E-state index in [0.29, 0.717) is 38.5 Å². The highest BCUT2D eigenvalue weighted by atomic mass is 32.2. The molecular formula is C17H23F4N3O3S. The van der Waals surface area contributed by atoms with Crippen molar-refractivity contribution in [2.24, 2.45) is 5.92 Å². The molecule has 2 N–H and O–H groups in total. The number of carbonyl (C=O) groups excluding carboxylic acids is 1. The number of nitrogens with one attached hydrogen (secondary N) is 2. The number of carbonyl (C=O) groups is 1. The monoisotopic (exact) mass is 425 g/mol. The molecule has 0 spiro atoms. The first-order valence-electron chi connectivity index (χ1n) is 8.88. The summed E-state index contributed by atoms with van der Waals surface area (Å²) >= 11 is 0. The maximum absolute atomic E-state index is 13.1. The molecule has 0 saturated carbocycles. The van der Waals surface area contributed by atoms with Crippen LogP contribution in [0.15, 0.2) is 18.2 Å². The zero-order valence-corrected chi connectivity index (χ0v) is 16.2. The average Bonchev–Trinajstić information content (AvgIpc) is 2.65. The van der Waals surface area contributed by atoms with Crippen LogP contribution in [0.4, 0.5) is 22.4 Å². The number of hydrogen-bond donors (Lipinski definition) is 2. The van der Waals surface area contributed by atoms with E-state index in [1.54, 1.807) is 6.92 Å². The number of urea groups is 1. The van der Waals surface area contributed by atoms with Gasteiger partial charge in [0.25, 0.3) is 0 Å². The molecule has 1 heterocycles. The molecule has 1 aromatic carbocycles. The lowest BCUT2D eigenvalue weighted by Gasteiger charge is -2.31. The van der Waals surface area contributed by atoms with E-state index in [4.69, 9.17) is 0 Å². The van der Waals surface area contributed by atoms with Crippen LogP contribution in [-0.2, 0) is 22.7 Å². The molecule has 1 aromatic rings. The summed E-state index contributed by atoms with van der Waals surface area (Å²) in [5, 5.41) is 4.92. The van der Waals surface area contributed by atoms with Crippen molar-refractivity contribution in [2.75, 3.05) is 25.4 Å². The topological polar surface area (TPSA) is 78.5 Å². The molecule has 1 aliphatic rings. The molecule has 0 aromatic heterocycles. The van der Waals surface area contributed by atoms with E-state index < -0.39 is 40.2 Å². The number of hydrogen-bond acceptors (Lipinski definition) is 3. The highest BCUT2D eigenvalue weighted by molar-refractivity contribution is 7.89. The molecule has 0 bridgehead atoms.